The smallest absolute Gasteiger partial charge is 0.253 e. The minimum Gasteiger partial charge on any atom is -0.337 e. The van der Waals surface area contributed by atoms with Crippen molar-refractivity contribution >= 4 is 27.5 Å². The van der Waals surface area contributed by atoms with Gasteiger partial charge in [-0.25, -0.2) is 12.8 Å². The van der Waals surface area contributed by atoms with Gasteiger partial charge in [0.15, 0.2) is 0 Å². The fraction of sp³-hybridized carbons (Fsp3) is 0.381. The van der Waals surface area contributed by atoms with Crippen molar-refractivity contribution < 1.29 is 17.6 Å². The van der Waals surface area contributed by atoms with Gasteiger partial charge in [0.25, 0.3) is 5.91 Å². The van der Waals surface area contributed by atoms with Crippen molar-refractivity contribution in [3.63, 3.8) is 0 Å². The normalized spacial score (nSPS) is 15.7. The highest BCUT2D eigenvalue weighted by Crippen LogP contribution is 2.28. The van der Waals surface area contributed by atoms with E-state index in [1.165, 1.54) is 39.5 Å². The number of nitrogens with zero attached hydrogens (tertiary/aromatic N) is 2. The largest absolute Gasteiger partial charge is 0.337 e. The van der Waals surface area contributed by atoms with Crippen LogP contribution in [0.25, 0.3) is 0 Å². The van der Waals surface area contributed by atoms with Crippen LogP contribution in [0.3, 0.4) is 0 Å². The number of rotatable bonds is 5. The Labute approximate surface area is 176 Å². The molecule has 156 valence electrons. The second-order valence-electron chi connectivity index (χ2n) is 7.25. The Hall–Kier alpha value is -1.96. The second-order valence-corrected chi connectivity index (χ2v) is 9.56. The molecule has 0 bridgehead atoms. The Bertz CT molecular complexity index is 972. The van der Waals surface area contributed by atoms with Crippen LogP contribution in [-0.4, -0.2) is 43.7 Å². The molecule has 0 spiro atoms. The van der Waals surface area contributed by atoms with Crippen LogP contribution in [0.15, 0.2) is 47.4 Å². The number of benzene rings is 2. The molecule has 0 N–H and O–H groups in total. The summed E-state index contributed by atoms with van der Waals surface area (Å²) in [4.78, 5) is 14.3. The summed E-state index contributed by atoms with van der Waals surface area (Å²) < 4.78 is 40.7. The van der Waals surface area contributed by atoms with Crippen molar-refractivity contribution in [2.75, 3.05) is 20.1 Å². The van der Waals surface area contributed by atoms with Crippen LogP contribution in [-0.2, 0) is 16.6 Å². The summed E-state index contributed by atoms with van der Waals surface area (Å²) in [5.41, 5.74) is 1.01. The summed E-state index contributed by atoms with van der Waals surface area (Å²) in [6.07, 6.45) is 3.64. The molecule has 1 saturated heterocycles. The first kappa shape index (κ1) is 21.7. The van der Waals surface area contributed by atoms with Crippen molar-refractivity contribution in [2.24, 2.45) is 0 Å². The number of hydrogen-bond acceptors (Lipinski definition) is 3. The Morgan fingerprint density at radius 3 is 2.31 bits per heavy atom. The Morgan fingerprint density at radius 2 is 1.69 bits per heavy atom. The lowest BCUT2D eigenvalue weighted by Crippen LogP contribution is -2.32. The lowest BCUT2D eigenvalue weighted by Gasteiger charge is -2.22. The van der Waals surface area contributed by atoms with E-state index >= 15 is 0 Å². The van der Waals surface area contributed by atoms with Gasteiger partial charge >= 0.3 is 0 Å². The van der Waals surface area contributed by atoms with Crippen LogP contribution < -0.4 is 0 Å². The molecular formula is C21H24ClFN2O3S. The molecule has 0 atom stereocenters. The summed E-state index contributed by atoms with van der Waals surface area (Å²) in [6.45, 7) is 1.19. The van der Waals surface area contributed by atoms with Crippen LogP contribution in [0.4, 0.5) is 4.39 Å². The van der Waals surface area contributed by atoms with E-state index in [2.05, 4.69) is 0 Å². The van der Waals surface area contributed by atoms with E-state index in [4.69, 9.17) is 11.6 Å². The Kier molecular flexibility index (Phi) is 6.93. The average molecular weight is 439 g/mol. The maximum atomic E-state index is 13.1. The van der Waals surface area contributed by atoms with Gasteiger partial charge in [-0.3, -0.25) is 4.79 Å². The molecule has 0 aliphatic carbocycles. The van der Waals surface area contributed by atoms with Crippen LogP contribution in [0.5, 0.6) is 0 Å². The van der Waals surface area contributed by atoms with E-state index in [1.807, 2.05) is 0 Å². The quantitative estimate of drug-likeness (QED) is 0.698. The van der Waals surface area contributed by atoms with Gasteiger partial charge in [-0.05, 0) is 48.7 Å². The summed E-state index contributed by atoms with van der Waals surface area (Å²) in [5.74, 6) is -0.679. The van der Waals surface area contributed by atoms with Crippen LogP contribution in [0, 0.1) is 5.82 Å². The fourth-order valence-corrected chi connectivity index (χ4v) is 5.43. The molecule has 2 aromatic carbocycles. The van der Waals surface area contributed by atoms with Gasteiger partial charge in [-0.15, -0.1) is 0 Å². The third kappa shape index (κ3) is 5.15. The zero-order valence-electron chi connectivity index (χ0n) is 16.3. The number of hydrogen-bond donors (Lipinski definition) is 0. The number of sulfonamides is 1. The molecule has 1 aliphatic heterocycles. The SMILES string of the molecule is CN(Cc1ccc(F)cc1)C(=O)c1ccc(Cl)c(S(=O)(=O)N2CCCCCC2)c1. The number of carbonyl (C=O) groups excluding carboxylic acids is 1. The first-order chi connectivity index (χ1) is 13.8. The molecule has 1 aliphatic rings. The summed E-state index contributed by atoms with van der Waals surface area (Å²) in [5, 5.41) is 0.104. The van der Waals surface area contributed by atoms with E-state index in [9.17, 15) is 17.6 Å². The van der Waals surface area contributed by atoms with Crippen LogP contribution in [0.1, 0.15) is 41.6 Å². The molecular weight excluding hydrogens is 415 g/mol. The Morgan fingerprint density at radius 1 is 1.07 bits per heavy atom. The van der Waals surface area contributed by atoms with Gasteiger partial charge in [-0.2, -0.15) is 4.31 Å². The highest BCUT2D eigenvalue weighted by Gasteiger charge is 2.28. The van der Waals surface area contributed by atoms with Crippen molar-refractivity contribution in [1.82, 2.24) is 9.21 Å². The summed E-state index contributed by atoms with van der Waals surface area (Å²) >= 11 is 6.20. The standard InChI is InChI=1S/C21H24ClFN2O3S/c1-24(15-16-6-9-18(23)10-7-16)21(26)17-8-11-19(22)20(14-17)29(27,28)25-12-4-2-3-5-13-25/h6-11,14H,2-5,12-13,15H2,1H3. The average Bonchev–Trinajstić information content (AvgIpc) is 2.99. The minimum atomic E-state index is -3.77. The molecule has 0 aromatic heterocycles. The highest BCUT2D eigenvalue weighted by molar-refractivity contribution is 7.89. The minimum absolute atomic E-state index is 0.0397. The third-order valence-electron chi connectivity index (χ3n) is 5.04. The monoisotopic (exact) mass is 438 g/mol. The molecule has 3 rings (SSSR count). The van der Waals surface area contributed by atoms with E-state index in [0.717, 1.165) is 31.2 Å². The maximum absolute atomic E-state index is 13.1. The highest BCUT2D eigenvalue weighted by atomic mass is 35.5. The molecule has 1 heterocycles. The van der Waals surface area contributed by atoms with E-state index in [1.54, 1.807) is 19.2 Å². The van der Waals surface area contributed by atoms with Gasteiger partial charge in [0.05, 0.1) is 5.02 Å². The predicted octanol–water partition coefficient (Wildman–Crippen LogP) is 4.32. The second kappa shape index (κ2) is 9.24. The van der Waals surface area contributed by atoms with Gasteiger partial charge < -0.3 is 4.90 Å². The molecule has 29 heavy (non-hydrogen) atoms. The number of carbonyl (C=O) groups is 1. The van der Waals surface area contributed by atoms with Gasteiger partial charge in [0.2, 0.25) is 10.0 Å². The first-order valence-corrected chi connectivity index (χ1v) is 11.4. The van der Waals surface area contributed by atoms with Crippen LogP contribution >= 0.6 is 11.6 Å². The predicted molar refractivity (Wildman–Crippen MR) is 111 cm³/mol. The van der Waals surface area contributed by atoms with Gasteiger partial charge in [0, 0.05) is 32.2 Å². The van der Waals surface area contributed by atoms with Gasteiger partial charge in [0.1, 0.15) is 10.7 Å². The van der Waals surface area contributed by atoms with E-state index < -0.39 is 10.0 Å². The zero-order valence-corrected chi connectivity index (χ0v) is 17.8. The lowest BCUT2D eigenvalue weighted by molar-refractivity contribution is 0.0785. The number of amides is 1. The summed E-state index contributed by atoms with van der Waals surface area (Å²) in [7, 11) is -2.16. The molecule has 0 unspecified atom stereocenters. The maximum Gasteiger partial charge on any atom is 0.253 e. The fourth-order valence-electron chi connectivity index (χ4n) is 3.41. The van der Waals surface area contributed by atoms with Crippen molar-refractivity contribution in [2.45, 2.75) is 37.1 Å². The first-order valence-electron chi connectivity index (χ1n) is 9.58. The number of halogens is 2. The molecule has 8 heteroatoms. The summed E-state index contributed by atoms with van der Waals surface area (Å²) in [6, 6.07) is 10.2. The molecule has 0 radical (unpaired) electrons. The van der Waals surface area contributed by atoms with Crippen molar-refractivity contribution in [3.8, 4) is 0 Å². The van der Waals surface area contributed by atoms with Crippen LogP contribution in [0.2, 0.25) is 5.02 Å². The molecule has 1 fully saturated rings. The lowest BCUT2D eigenvalue weighted by atomic mass is 10.1. The van der Waals surface area contributed by atoms with Gasteiger partial charge in [-0.1, -0.05) is 36.6 Å². The molecule has 1 amide bonds. The Balaban J connectivity index is 1.83. The van der Waals surface area contributed by atoms with Crippen molar-refractivity contribution in [1.29, 1.82) is 0 Å². The molecule has 0 saturated carbocycles. The molecule has 5 nitrogen and oxygen atoms in total. The molecule has 2 aromatic rings. The zero-order chi connectivity index (χ0) is 21.0. The third-order valence-corrected chi connectivity index (χ3v) is 7.42. The van der Waals surface area contributed by atoms with E-state index in [0.29, 0.717) is 13.1 Å². The van der Waals surface area contributed by atoms with Crippen molar-refractivity contribution in [3.05, 3.63) is 64.4 Å². The topological polar surface area (TPSA) is 57.7 Å². The van der Waals surface area contributed by atoms with E-state index in [-0.39, 0.29) is 33.8 Å².